The van der Waals surface area contributed by atoms with Crippen LogP contribution in [0.2, 0.25) is 0 Å². The Kier molecular flexibility index (Phi) is 8.91. The summed E-state index contributed by atoms with van der Waals surface area (Å²) in [5.74, 6) is 0.0685. The number of esters is 1. The van der Waals surface area contributed by atoms with Gasteiger partial charge in [0.15, 0.2) is 0 Å². The number of anilines is 2. The zero-order chi connectivity index (χ0) is 36.2. The second-order valence-corrected chi connectivity index (χ2v) is 15.0. The molecule has 4 fully saturated rings. The fourth-order valence-electron chi connectivity index (χ4n) is 9.13. The monoisotopic (exact) mass is 717 g/mol. The fraction of sp³-hybridized carbons (Fsp3) is 0.553. The van der Waals surface area contributed by atoms with E-state index in [4.69, 9.17) is 19.4 Å². The predicted octanol–water partition coefficient (Wildman–Crippen LogP) is 4.73. The molecule has 1 spiro atoms. The van der Waals surface area contributed by atoms with Gasteiger partial charge in [0.25, 0.3) is 5.91 Å². The Bertz CT molecular complexity index is 1950. The van der Waals surface area contributed by atoms with Crippen LogP contribution in [0.1, 0.15) is 75.6 Å². The van der Waals surface area contributed by atoms with Crippen molar-refractivity contribution in [2.75, 3.05) is 49.1 Å². The lowest BCUT2D eigenvalue weighted by molar-refractivity contribution is -0.134. The maximum Gasteiger partial charge on any atom is 0.322 e. The van der Waals surface area contributed by atoms with Crippen molar-refractivity contribution in [3.8, 4) is 11.8 Å². The van der Waals surface area contributed by atoms with Gasteiger partial charge in [-0.15, -0.1) is 0 Å². The van der Waals surface area contributed by atoms with E-state index in [1.165, 1.54) is 6.07 Å². The van der Waals surface area contributed by atoms with E-state index >= 15 is 4.39 Å². The van der Waals surface area contributed by atoms with Gasteiger partial charge in [-0.1, -0.05) is 19.9 Å². The van der Waals surface area contributed by atoms with E-state index in [1.54, 1.807) is 12.1 Å². The molecule has 3 aromatic rings. The van der Waals surface area contributed by atoms with Crippen molar-refractivity contribution in [3.05, 3.63) is 46.9 Å². The number of rotatable bonds is 9. The van der Waals surface area contributed by atoms with E-state index < -0.39 is 23.3 Å². The summed E-state index contributed by atoms with van der Waals surface area (Å²) in [6.45, 7) is 7.07. The molecule has 1 aromatic heterocycles. The summed E-state index contributed by atoms with van der Waals surface area (Å²) in [6.07, 6.45) is 4.43. The molecular formula is C38H45F2N7O5. The number of nitrogens with one attached hydrogen (secondary N) is 2. The number of piperidine rings is 1. The number of alkyl halides is 1. The minimum absolute atomic E-state index is 0.172. The van der Waals surface area contributed by atoms with Gasteiger partial charge >= 0.3 is 18.0 Å². The van der Waals surface area contributed by atoms with Crippen LogP contribution in [0, 0.1) is 5.82 Å². The molecular weight excluding hydrogens is 672 g/mol. The first-order valence-corrected chi connectivity index (χ1v) is 18.6. The molecule has 2 N–H and O–H groups in total. The summed E-state index contributed by atoms with van der Waals surface area (Å²) >= 11 is 0. The number of fused-ring (bicyclic) bond motifs is 3. The van der Waals surface area contributed by atoms with Crippen LogP contribution in [-0.4, -0.2) is 89.4 Å². The smallest absolute Gasteiger partial charge is 0.322 e. The highest BCUT2D eigenvalue weighted by atomic mass is 19.1. The van der Waals surface area contributed by atoms with Gasteiger partial charge in [-0.25, -0.2) is 13.6 Å². The molecule has 3 amide bonds. The molecule has 0 unspecified atom stereocenters. The summed E-state index contributed by atoms with van der Waals surface area (Å²) in [7, 11) is 0. The lowest BCUT2D eigenvalue weighted by Crippen LogP contribution is -2.59. The lowest BCUT2D eigenvalue weighted by atomic mass is 9.88. The third kappa shape index (κ3) is 6.08. The average Bonchev–Trinajstić information content (AvgIpc) is 3.74. The number of nitrogens with zero attached hydrogens (tertiary/aromatic N) is 5. The largest absolute Gasteiger partial charge is 0.461 e. The Balaban J connectivity index is 1.18. The average molecular weight is 718 g/mol. The number of aromatic nitrogens is 2. The van der Waals surface area contributed by atoms with E-state index in [0.29, 0.717) is 81.8 Å². The third-order valence-electron chi connectivity index (χ3n) is 11.6. The Morgan fingerprint density at radius 2 is 1.92 bits per heavy atom. The molecule has 8 rings (SSSR count). The van der Waals surface area contributed by atoms with Crippen LogP contribution >= 0.6 is 0 Å². The zero-order valence-corrected chi connectivity index (χ0v) is 29.7. The number of hydrogen-bond acceptors (Lipinski definition) is 10. The van der Waals surface area contributed by atoms with Gasteiger partial charge < -0.3 is 24.6 Å². The summed E-state index contributed by atoms with van der Waals surface area (Å²) in [4.78, 5) is 54.1. The molecule has 3 atom stereocenters. The number of halogens is 2. The molecule has 5 aliphatic rings. The molecule has 2 aromatic carbocycles. The third-order valence-corrected chi connectivity index (χ3v) is 11.6. The molecule has 276 valence electrons. The fourth-order valence-corrected chi connectivity index (χ4v) is 9.13. The standard InChI is InChI=1S/C38H45F2N7O5/c1-3-7-31(48)52-25-16-23-8-9-28(40)26(4-2)32(23)30(17-25)45-15-10-27-29(20-45)41-36(51-22-37-11-5-14-47(37)19-24(39)18-37)42-33(27)46-13-6-12-38(21-46)34(49)43-35(50)44-38/h8-9,16-17,24H,3-7,10-15,18-22H2,1-2H3,(H2,43,44,49,50)/t24-,37+,38-/m1/s1. The Labute approximate surface area is 301 Å². The first-order valence-electron chi connectivity index (χ1n) is 18.6. The normalized spacial score (nSPS) is 25.7. The molecule has 12 nitrogen and oxygen atoms in total. The van der Waals surface area contributed by atoms with Crippen LogP contribution in [0.4, 0.5) is 25.1 Å². The second kappa shape index (κ2) is 13.4. The number of benzene rings is 2. The minimum Gasteiger partial charge on any atom is -0.461 e. The number of ether oxygens (including phenoxy) is 2. The summed E-state index contributed by atoms with van der Waals surface area (Å²) < 4.78 is 42.1. The molecule has 0 radical (unpaired) electrons. The van der Waals surface area contributed by atoms with Crippen molar-refractivity contribution in [1.82, 2.24) is 25.5 Å². The molecule has 5 aliphatic heterocycles. The number of hydrogen-bond donors (Lipinski definition) is 2. The number of imide groups is 1. The van der Waals surface area contributed by atoms with Gasteiger partial charge in [0, 0.05) is 55.2 Å². The number of aryl methyl sites for hydroxylation is 1. The maximum atomic E-state index is 15.3. The highest BCUT2D eigenvalue weighted by molar-refractivity contribution is 6.07. The van der Waals surface area contributed by atoms with E-state index in [2.05, 4.69) is 20.4 Å². The predicted molar refractivity (Wildman–Crippen MR) is 190 cm³/mol. The second-order valence-electron chi connectivity index (χ2n) is 15.0. The van der Waals surface area contributed by atoms with Crippen LogP contribution in [-0.2, 0) is 29.0 Å². The summed E-state index contributed by atoms with van der Waals surface area (Å²) in [5, 5.41) is 6.79. The molecule has 4 saturated heterocycles. The van der Waals surface area contributed by atoms with Crippen LogP contribution in [0.3, 0.4) is 0 Å². The van der Waals surface area contributed by atoms with Crippen LogP contribution in [0.5, 0.6) is 11.8 Å². The van der Waals surface area contributed by atoms with Gasteiger partial charge in [0.1, 0.15) is 35.7 Å². The van der Waals surface area contributed by atoms with Crippen LogP contribution in [0.25, 0.3) is 10.8 Å². The molecule has 52 heavy (non-hydrogen) atoms. The van der Waals surface area contributed by atoms with Gasteiger partial charge in [0.2, 0.25) is 0 Å². The van der Waals surface area contributed by atoms with E-state index in [1.807, 2.05) is 24.8 Å². The summed E-state index contributed by atoms with van der Waals surface area (Å²) in [6, 6.07) is 6.44. The molecule has 0 aliphatic carbocycles. The minimum atomic E-state index is -1.06. The number of carbonyl (C=O) groups excluding carboxylic acids is 3. The van der Waals surface area contributed by atoms with Crippen molar-refractivity contribution < 1.29 is 32.6 Å². The van der Waals surface area contributed by atoms with Crippen molar-refractivity contribution in [1.29, 1.82) is 0 Å². The van der Waals surface area contributed by atoms with Crippen molar-refractivity contribution in [2.24, 2.45) is 0 Å². The Morgan fingerprint density at radius 1 is 1.08 bits per heavy atom. The highest BCUT2D eigenvalue weighted by Gasteiger charge is 2.51. The van der Waals surface area contributed by atoms with E-state index in [0.717, 1.165) is 47.1 Å². The molecule has 0 saturated carbocycles. The molecule has 14 heteroatoms. The number of carbonyl (C=O) groups is 3. The van der Waals surface area contributed by atoms with E-state index in [9.17, 15) is 18.8 Å². The Hall–Kier alpha value is -4.59. The van der Waals surface area contributed by atoms with Gasteiger partial charge in [-0.05, 0) is 74.6 Å². The molecule has 0 bridgehead atoms. The number of urea groups is 1. The van der Waals surface area contributed by atoms with Crippen molar-refractivity contribution in [2.45, 2.75) is 95.4 Å². The maximum absolute atomic E-state index is 15.3. The first kappa shape index (κ1) is 34.5. The van der Waals surface area contributed by atoms with Gasteiger partial charge in [-0.2, -0.15) is 9.97 Å². The Morgan fingerprint density at radius 3 is 2.71 bits per heavy atom. The van der Waals surface area contributed by atoms with Gasteiger partial charge in [-0.3, -0.25) is 19.8 Å². The lowest BCUT2D eigenvalue weighted by Gasteiger charge is -2.40. The van der Waals surface area contributed by atoms with E-state index in [-0.39, 0.29) is 43.3 Å². The zero-order valence-electron chi connectivity index (χ0n) is 29.7. The number of amides is 3. The SMILES string of the molecule is CCCC(=O)Oc1cc(N2CCc3c(nc(OC[C@@]45CCCN4C[C@H](F)C5)nc3N3CCC[C@]4(C3)NC(=O)NC4=O)C2)c2c(CC)c(F)ccc2c1. The topological polar surface area (TPSA) is 129 Å². The summed E-state index contributed by atoms with van der Waals surface area (Å²) in [5.41, 5.74) is 1.49. The highest BCUT2D eigenvalue weighted by Crippen LogP contribution is 2.42. The van der Waals surface area contributed by atoms with Gasteiger partial charge in [0.05, 0.1) is 24.3 Å². The van der Waals surface area contributed by atoms with Crippen LogP contribution < -0.4 is 29.9 Å². The van der Waals surface area contributed by atoms with Crippen molar-refractivity contribution in [3.63, 3.8) is 0 Å². The quantitative estimate of drug-likeness (QED) is 0.182. The first-order chi connectivity index (χ1) is 25.1. The molecule has 6 heterocycles. The van der Waals surface area contributed by atoms with Crippen LogP contribution in [0.15, 0.2) is 24.3 Å². The van der Waals surface area contributed by atoms with Crippen molar-refractivity contribution >= 4 is 40.2 Å².